The monoisotopic (exact) mass is 198 g/mol. The van der Waals surface area contributed by atoms with Crippen LogP contribution in [0.4, 0.5) is 0 Å². The van der Waals surface area contributed by atoms with Gasteiger partial charge in [-0.15, -0.1) is 0 Å². The number of hydrogen-bond donors (Lipinski definition) is 0. The van der Waals surface area contributed by atoms with E-state index in [2.05, 4.69) is 31.8 Å². The molecule has 0 saturated heterocycles. The molecule has 0 fully saturated rings. The first-order valence-electron chi connectivity index (χ1n) is 4.18. The summed E-state index contributed by atoms with van der Waals surface area (Å²) in [4.78, 5) is 10.7. The van der Waals surface area contributed by atoms with Gasteiger partial charge in [0.05, 0.1) is 18.9 Å². The van der Waals surface area contributed by atoms with Crippen LogP contribution in [0, 0.1) is 11.8 Å². The standard InChI is InChI=1S/C9H6N6/c10-14-13-3-1-2-8-6-12-9-7-11-4-5-15(8)9/h4-7H,3H2. The first-order valence-corrected chi connectivity index (χ1v) is 4.18. The summed E-state index contributed by atoms with van der Waals surface area (Å²) in [6.45, 7) is 0.162. The van der Waals surface area contributed by atoms with E-state index in [1.54, 1.807) is 24.8 Å². The molecule has 15 heavy (non-hydrogen) atoms. The highest BCUT2D eigenvalue weighted by Gasteiger charge is 1.97. The van der Waals surface area contributed by atoms with Crippen LogP contribution in [-0.2, 0) is 0 Å². The van der Waals surface area contributed by atoms with Crippen molar-refractivity contribution >= 4 is 5.65 Å². The normalized spacial score (nSPS) is 9.07. The minimum Gasteiger partial charge on any atom is -0.290 e. The van der Waals surface area contributed by atoms with Crippen LogP contribution in [0.1, 0.15) is 5.69 Å². The second-order valence-electron chi connectivity index (χ2n) is 2.64. The summed E-state index contributed by atoms with van der Waals surface area (Å²) >= 11 is 0. The fourth-order valence-electron chi connectivity index (χ4n) is 1.13. The van der Waals surface area contributed by atoms with Crippen molar-refractivity contribution in [3.8, 4) is 11.8 Å². The van der Waals surface area contributed by atoms with Crippen molar-refractivity contribution in [3.05, 3.63) is 40.9 Å². The molecule has 72 valence electrons. The summed E-state index contributed by atoms with van der Waals surface area (Å²) in [6, 6.07) is 0. The highest BCUT2D eigenvalue weighted by atomic mass is 15.1. The van der Waals surface area contributed by atoms with E-state index >= 15 is 0 Å². The number of azide groups is 1. The minimum atomic E-state index is 0.162. The Labute approximate surface area is 85.2 Å². The molecular formula is C9H6N6. The van der Waals surface area contributed by atoms with Gasteiger partial charge in [0.2, 0.25) is 0 Å². The van der Waals surface area contributed by atoms with Crippen LogP contribution >= 0.6 is 0 Å². The van der Waals surface area contributed by atoms with Crippen molar-refractivity contribution in [3.63, 3.8) is 0 Å². The van der Waals surface area contributed by atoms with Gasteiger partial charge in [0.15, 0.2) is 5.65 Å². The van der Waals surface area contributed by atoms with Crippen molar-refractivity contribution in [2.24, 2.45) is 5.11 Å². The first-order chi connectivity index (χ1) is 7.42. The smallest absolute Gasteiger partial charge is 0.156 e. The summed E-state index contributed by atoms with van der Waals surface area (Å²) in [6.07, 6.45) is 6.74. The molecule has 2 aromatic heterocycles. The number of hydrogen-bond acceptors (Lipinski definition) is 3. The predicted molar refractivity (Wildman–Crippen MR) is 53.9 cm³/mol. The lowest BCUT2D eigenvalue weighted by molar-refractivity contribution is 1.11. The Morgan fingerprint density at radius 3 is 3.33 bits per heavy atom. The average molecular weight is 198 g/mol. The molecule has 0 aliphatic carbocycles. The summed E-state index contributed by atoms with van der Waals surface area (Å²) in [5.74, 6) is 5.59. The van der Waals surface area contributed by atoms with E-state index in [4.69, 9.17) is 5.53 Å². The molecule has 0 N–H and O–H groups in total. The van der Waals surface area contributed by atoms with E-state index in [0.29, 0.717) is 0 Å². The van der Waals surface area contributed by atoms with Gasteiger partial charge in [0.1, 0.15) is 5.69 Å². The van der Waals surface area contributed by atoms with Gasteiger partial charge in [0.25, 0.3) is 0 Å². The molecular weight excluding hydrogens is 192 g/mol. The average Bonchev–Trinajstić information content (AvgIpc) is 2.68. The van der Waals surface area contributed by atoms with Crippen LogP contribution in [-0.4, -0.2) is 20.9 Å². The molecule has 0 spiro atoms. The molecule has 6 nitrogen and oxygen atoms in total. The molecule has 0 radical (unpaired) electrons. The van der Waals surface area contributed by atoms with Crippen molar-refractivity contribution in [2.75, 3.05) is 6.54 Å². The van der Waals surface area contributed by atoms with E-state index in [9.17, 15) is 0 Å². The van der Waals surface area contributed by atoms with Gasteiger partial charge >= 0.3 is 0 Å². The van der Waals surface area contributed by atoms with Crippen LogP contribution in [0.5, 0.6) is 0 Å². The summed E-state index contributed by atoms with van der Waals surface area (Å²) in [5, 5.41) is 3.32. The van der Waals surface area contributed by atoms with Crippen LogP contribution in [0.25, 0.3) is 16.1 Å². The lowest BCUT2D eigenvalue weighted by atomic mass is 10.4. The predicted octanol–water partition coefficient (Wildman–Crippen LogP) is 1.39. The molecule has 2 rings (SSSR count). The fourth-order valence-corrected chi connectivity index (χ4v) is 1.13. The summed E-state index contributed by atoms with van der Waals surface area (Å²) in [7, 11) is 0. The molecule has 0 amide bonds. The third kappa shape index (κ3) is 1.88. The van der Waals surface area contributed by atoms with Gasteiger partial charge in [-0.3, -0.25) is 9.38 Å². The molecule has 0 atom stereocenters. The Bertz CT molecular complexity index is 581. The molecule has 0 aromatic carbocycles. The van der Waals surface area contributed by atoms with E-state index in [1.807, 2.05) is 4.40 Å². The van der Waals surface area contributed by atoms with Gasteiger partial charge in [-0.2, -0.15) is 0 Å². The molecule has 0 bridgehead atoms. The summed E-state index contributed by atoms with van der Waals surface area (Å²) < 4.78 is 1.82. The van der Waals surface area contributed by atoms with Crippen LogP contribution in [0.2, 0.25) is 0 Å². The molecule has 0 unspecified atom stereocenters. The molecule has 6 heteroatoms. The number of imidazole rings is 1. The zero-order chi connectivity index (χ0) is 10.5. The van der Waals surface area contributed by atoms with Crippen molar-refractivity contribution in [1.29, 1.82) is 0 Å². The number of nitrogens with zero attached hydrogens (tertiary/aromatic N) is 6. The van der Waals surface area contributed by atoms with Gasteiger partial charge in [0, 0.05) is 17.3 Å². The van der Waals surface area contributed by atoms with E-state index < -0.39 is 0 Å². The third-order valence-corrected chi connectivity index (χ3v) is 1.75. The zero-order valence-corrected chi connectivity index (χ0v) is 7.70. The maximum absolute atomic E-state index is 8.06. The highest BCUT2D eigenvalue weighted by molar-refractivity contribution is 5.42. The van der Waals surface area contributed by atoms with Crippen molar-refractivity contribution in [2.45, 2.75) is 0 Å². The molecule has 0 aliphatic rings. The lowest BCUT2D eigenvalue weighted by Crippen LogP contribution is -1.87. The Morgan fingerprint density at radius 2 is 2.47 bits per heavy atom. The minimum absolute atomic E-state index is 0.162. The second kappa shape index (κ2) is 4.13. The summed E-state index contributed by atoms with van der Waals surface area (Å²) in [5.41, 5.74) is 9.55. The van der Waals surface area contributed by atoms with E-state index in [-0.39, 0.29) is 6.54 Å². The molecule has 2 aromatic rings. The maximum Gasteiger partial charge on any atom is 0.156 e. The highest BCUT2D eigenvalue weighted by Crippen LogP contribution is 2.02. The molecule has 0 saturated carbocycles. The maximum atomic E-state index is 8.06. The van der Waals surface area contributed by atoms with E-state index in [1.165, 1.54) is 0 Å². The number of rotatable bonds is 1. The Balaban J connectivity index is 2.35. The Hall–Kier alpha value is -2.51. The largest absolute Gasteiger partial charge is 0.290 e. The SMILES string of the molecule is [N-]=[N+]=NCC#Cc1cnc2cnccn12. The van der Waals surface area contributed by atoms with Crippen molar-refractivity contribution < 1.29 is 0 Å². The first kappa shape index (κ1) is 9.06. The van der Waals surface area contributed by atoms with Gasteiger partial charge in [-0.05, 0) is 11.5 Å². The van der Waals surface area contributed by atoms with Gasteiger partial charge < -0.3 is 0 Å². The van der Waals surface area contributed by atoms with Crippen molar-refractivity contribution in [1.82, 2.24) is 14.4 Å². The second-order valence-corrected chi connectivity index (χ2v) is 2.64. The van der Waals surface area contributed by atoms with Crippen LogP contribution in [0.3, 0.4) is 0 Å². The van der Waals surface area contributed by atoms with Gasteiger partial charge in [-0.25, -0.2) is 4.98 Å². The topological polar surface area (TPSA) is 79.0 Å². The van der Waals surface area contributed by atoms with E-state index in [0.717, 1.165) is 11.3 Å². The number of fused-ring (bicyclic) bond motifs is 1. The van der Waals surface area contributed by atoms with Crippen LogP contribution in [0.15, 0.2) is 29.9 Å². The van der Waals surface area contributed by atoms with Crippen LogP contribution < -0.4 is 0 Å². The third-order valence-electron chi connectivity index (χ3n) is 1.75. The van der Waals surface area contributed by atoms with Gasteiger partial charge in [-0.1, -0.05) is 11.0 Å². The quantitative estimate of drug-likeness (QED) is 0.300. The fraction of sp³-hybridized carbons (Fsp3) is 0.111. The molecule has 0 aliphatic heterocycles. The molecule has 2 heterocycles. The Morgan fingerprint density at radius 1 is 1.53 bits per heavy atom. The lowest BCUT2D eigenvalue weighted by Gasteiger charge is -1.91. The Kier molecular flexibility index (Phi) is 2.50. The number of aromatic nitrogens is 3. The zero-order valence-electron chi connectivity index (χ0n) is 7.70.